The Labute approximate surface area is 124 Å². The van der Waals surface area contributed by atoms with Crippen LogP contribution in [0.5, 0.6) is 5.75 Å². The summed E-state index contributed by atoms with van der Waals surface area (Å²) in [6.07, 6.45) is 0.943. The second-order valence-corrected chi connectivity index (χ2v) is 4.80. The number of hydrogen-bond acceptors (Lipinski definition) is 3. The van der Waals surface area contributed by atoms with Crippen LogP contribution in [0.1, 0.15) is 28.4 Å². The van der Waals surface area contributed by atoms with Gasteiger partial charge in [0.15, 0.2) is 0 Å². The van der Waals surface area contributed by atoms with Gasteiger partial charge >= 0.3 is 0 Å². The molecule has 0 heterocycles. The number of nitrogens with one attached hydrogen (secondary N) is 1. The zero-order valence-electron chi connectivity index (χ0n) is 12.3. The first-order valence-corrected chi connectivity index (χ1v) is 6.93. The van der Waals surface area contributed by atoms with Crippen molar-refractivity contribution in [3.63, 3.8) is 0 Å². The molecule has 0 aliphatic rings. The SMILES string of the molecule is CCc1ccccc1CNC(=O)c1cc(N)cc(OC)c1. The van der Waals surface area contributed by atoms with Crippen molar-refractivity contribution in [3.8, 4) is 5.75 Å². The van der Waals surface area contributed by atoms with E-state index in [1.165, 1.54) is 5.56 Å². The topological polar surface area (TPSA) is 64.4 Å². The van der Waals surface area contributed by atoms with E-state index < -0.39 is 0 Å². The molecule has 0 radical (unpaired) electrons. The van der Waals surface area contributed by atoms with Gasteiger partial charge < -0.3 is 15.8 Å². The molecule has 110 valence electrons. The second kappa shape index (κ2) is 6.79. The highest BCUT2D eigenvalue weighted by molar-refractivity contribution is 5.95. The fraction of sp³-hybridized carbons (Fsp3) is 0.235. The van der Waals surface area contributed by atoms with E-state index in [0.717, 1.165) is 12.0 Å². The van der Waals surface area contributed by atoms with Gasteiger partial charge in [-0.2, -0.15) is 0 Å². The minimum absolute atomic E-state index is 0.161. The zero-order valence-corrected chi connectivity index (χ0v) is 12.3. The summed E-state index contributed by atoms with van der Waals surface area (Å²) in [6, 6.07) is 13.1. The van der Waals surface area contributed by atoms with Crippen LogP contribution in [-0.2, 0) is 13.0 Å². The number of methoxy groups -OCH3 is 1. The number of hydrogen-bond donors (Lipinski definition) is 2. The maximum absolute atomic E-state index is 12.2. The number of carbonyl (C=O) groups excluding carboxylic acids is 1. The van der Waals surface area contributed by atoms with Crippen LogP contribution in [0, 0.1) is 0 Å². The Bertz CT molecular complexity index is 638. The second-order valence-electron chi connectivity index (χ2n) is 4.80. The third-order valence-corrected chi connectivity index (χ3v) is 3.37. The van der Waals surface area contributed by atoms with Crippen molar-refractivity contribution in [2.45, 2.75) is 19.9 Å². The lowest BCUT2D eigenvalue weighted by Crippen LogP contribution is -2.23. The molecule has 0 spiro atoms. The van der Waals surface area contributed by atoms with Crippen LogP contribution in [-0.4, -0.2) is 13.0 Å². The molecule has 1 amide bonds. The van der Waals surface area contributed by atoms with E-state index in [9.17, 15) is 4.79 Å². The first-order chi connectivity index (χ1) is 10.1. The lowest BCUT2D eigenvalue weighted by Gasteiger charge is -2.10. The Morgan fingerprint density at radius 3 is 2.57 bits per heavy atom. The number of amides is 1. The lowest BCUT2D eigenvalue weighted by atomic mass is 10.1. The van der Waals surface area contributed by atoms with Crippen molar-refractivity contribution in [2.24, 2.45) is 0 Å². The van der Waals surface area contributed by atoms with Crippen molar-refractivity contribution in [2.75, 3.05) is 12.8 Å². The molecule has 0 bridgehead atoms. The Hall–Kier alpha value is -2.49. The Balaban J connectivity index is 2.10. The first-order valence-electron chi connectivity index (χ1n) is 6.93. The van der Waals surface area contributed by atoms with E-state index in [2.05, 4.69) is 18.3 Å². The number of rotatable bonds is 5. The summed E-state index contributed by atoms with van der Waals surface area (Å²) in [5.41, 5.74) is 9.14. The highest BCUT2D eigenvalue weighted by Crippen LogP contribution is 2.18. The van der Waals surface area contributed by atoms with Crippen LogP contribution in [0.25, 0.3) is 0 Å². The monoisotopic (exact) mass is 284 g/mol. The van der Waals surface area contributed by atoms with Crippen molar-refractivity contribution >= 4 is 11.6 Å². The smallest absolute Gasteiger partial charge is 0.251 e. The summed E-state index contributed by atoms with van der Waals surface area (Å²) in [5.74, 6) is 0.417. The molecule has 2 rings (SSSR count). The number of nitrogens with two attached hydrogens (primary N) is 1. The standard InChI is InChI=1S/C17H20N2O2/c1-3-12-6-4-5-7-13(12)11-19-17(20)14-8-15(18)10-16(9-14)21-2/h4-10H,3,11,18H2,1-2H3,(H,19,20). The fourth-order valence-electron chi connectivity index (χ4n) is 2.22. The minimum atomic E-state index is -0.161. The van der Waals surface area contributed by atoms with E-state index >= 15 is 0 Å². The van der Waals surface area contributed by atoms with E-state index in [0.29, 0.717) is 23.5 Å². The van der Waals surface area contributed by atoms with Gasteiger partial charge in [0.05, 0.1) is 7.11 Å². The van der Waals surface area contributed by atoms with Crippen LogP contribution in [0.15, 0.2) is 42.5 Å². The Morgan fingerprint density at radius 1 is 1.19 bits per heavy atom. The maximum atomic E-state index is 12.2. The van der Waals surface area contributed by atoms with Gasteiger partial charge in [-0.3, -0.25) is 4.79 Å². The minimum Gasteiger partial charge on any atom is -0.497 e. The van der Waals surface area contributed by atoms with Crippen LogP contribution in [0.2, 0.25) is 0 Å². The van der Waals surface area contributed by atoms with E-state index in [4.69, 9.17) is 10.5 Å². The van der Waals surface area contributed by atoms with Crippen LogP contribution < -0.4 is 15.8 Å². The zero-order chi connectivity index (χ0) is 15.2. The molecular formula is C17H20N2O2. The summed E-state index contributed by atoms with van der Waals surface area (Å²) in [4.78, 5) is 12.2. The molecule has 0 fully saturated rings. The maximum Gasteiger partial charge on any atom is 0.251 e. The van der Waals surface area contributed by atoms with Gasteiger partial charge in [-0.1, -0.05) is 31.2 Å². The molecule has 0 aromatic heterocycles. The summed E-state index contributed by atoms with van der Waals surface area (Å²) in [5, 5.41) is 2.92. The number of ether oxygens (including phenoxy) is 1. The largest absolute Gasteiger partial charge is 0.497 e. The summed E-state index contributed by atoms with van der Waals surface area (Å²) in [7, 11) is 1.55. The van der Waals surface area contributed by atoms with Gasteiger partial charge in [-0.25, -0.2) is 0 Å². The van der Waals surface area contributed by atoms with Crippen molar-refractivity contribution in [3.05, 3.63) is 59.2 Å². The van der Waals surface area contributed by atoms with Gasteiger partial charge in [-0.15, -0.1) is 0 Å². The highest BCUT2D eigenvalue weighted by Gasteiger charge is 2.09. The molecule has 0 aliphatic carbocycles. The molecule has 0 saturated heterocycles. The fourth-order valence-corrected chi connectivity index (χ4v) is 2.22. The molecule has 21 heavy (non-hydrogen) atoms. The molecule has 0 unspecified atom stereocenters. The number of carbonyl (C=O) groups is 1. The Morgan fingerprint density at radius 2 is 1.90 bits per heavy atom. The molecule has 2 aromatic rings. The number of anilines is 1. The molecule has 2 aromatic carbocycles. The quantitative estimate of drug-likeness (QED) is 0.830. The third-order valence-electron chi connectivity index (χ3n) is 3.37. The van der Waals surface area contributed by atoms with Gasteiger partial charge in [0.2, 0.25) is 0 Å². The average Bonchev–Trinajstić information content (AvgIpc) is 2.52. The van der Waals surface area contributed by atoms with Gasteiger partial charge in [0, 0.05) is 23.9 Å². The molecule has 4 nitrogen and oxygen atoms in total. The van der Waals surface area contributed by atoms with Gasteiger partial charge in [0.1, 0.15) is 5.75 Å². The summed E-state index contributed by atoms with van der Waals surface area (Å²) >= 11 is 0. The summed E-state index contributed by atoms with van der Waals surface area (Å²) in [6.45, 7) is 2.60. The van der Waals surface area contributed by atoms with Crippen LogP contribution >= 0.6 is 0 Å². The average molecular weight is 284 g/mol. The van der Waals surface area contributed by atoms with Crippen LogP contribution in [0.4, 0.5) is 5.69 Å². The first kappa shape index (κ1) is 14.9. The highest BCUT2D eigenvalue weighted by atomic mass is 16.5. The predicted octanol–water partition coefficient (Wildman–Crippen LogP) is 2.77. The van der Waals surface area contributed by atoms with Crippen molar-refractivity contribution < 1.29 is 9.53 Å². The van der Waals surface area contributed by atoms with E-state index in [1.807, 2.05) is 18.2 Å². The predicted molar refractivity (Wildman–Crippen MR) is 84.4 cm³/mol. The molecular weight excluding hydrogens is 264 g/mol. The molecule has 0 atom stereocenters. The van der Waals surface area contributed by atoms with E-state index in [1.54, 1.807) is 25.3 Å². The van der Waals surface area contributed by atoms with E-state index in [-0.39, 0.29) is 5.91 Å². The Kier molecular flexibility index (Phi) is 4.82. The van der Waals surface area contributed by atoms with Gasteiger partial charge in [-0.05, 0) is 29.7 Å². The number of benzene rings is 2. The molecule has 0 saturated carbocycles. The number of aryl methyl sites for hydroxylation is 1. The normalized spacial score (nSPS) is 10.2. The molecule has 3 N–H and O–H groups in total. The lowest BCUT2D eigenvalue weighted by molar-refractivity contribution is 0.0950. The third kappa shape index (κ3) is 3.75. The number of nitrogen functional groups attached to an aromatic ring is 1. The van der Waals surface area contributed by atoms with Gasteiger partial charge in [0.25, 0.3) is 5.91 Å². The molecule has 4 heteroatoms. The molecule has 0 aliphatic heterocycles. The summed E-state index contributed by atoms with van der Waals surface area (Å²) < 4.78 is 5.13. The van der Waals surface area contributed by atoms with Crippen LogP contribution in [0.3, 0.4) is 0 Å². The van der Waals surface area contributed by atoms with Crippen molar-refractivity contribution in [1.29, 1.82) is 0 Å². The van der Waals surface area contributed by atoms with Crippen molar-refractivity contribution in [1.82, 2.24) is 5.32 Å².